The van der Waals surface area contributed by atoms with Gasteiger partial charge in [0.2, 0.25) is 5.91 Å². The van der Waals surface area contributed by atoms with Gasteiger partial charge in [0.1, 0.15) is 0 Å². The van der Waals surface area contributed by atoms with Crippen LogP contribution < -0.4 is 10.8 Å². The molecule has 0 aromatic carbocycles. The van der Waals surface area contributed by atoms with Crippen molar-refractivity contribution in [2.45, 2.75) is 12.5 Å². The molecule has 1 rings (SSSR count). The minimum Gasteiger partial charge on any atom is -0.312 e. The van der Waals surface area contributed by atoms with Gasteiger partial charge in [-0.3, -0.25) is 9.63 Å². The topological polar surface area (TPSA) is 50.4 Å². The average molecular weight is 190 g/mol. The molecule has 4 nitrogen and oxygen atoms in total. The molecule has 0 radical (unpaired) electrons. The summed E-state index contributed by atoms with van der Waals surface area (Å²) in [5, 5.41) is 3.27. The predicted molar refractivity (Wildman–Crippen MR) is 48.9 cm³/mol. The zero-order valence-corrected chi connectivity index (χ0v) is 7.95. The van der Waals surface area contributed by atoms with Crippen LogP contribution in [0.15, 0.2) is 0 Å². The molecule has 1 saturated heterocycles. The van der Waals surface area contributed by atoms with E-state index in [9.17, 15) is 4.79 Å². The van der Waals surface area contributed by atoms with Crippen molar-refractivity contribution in [2.24, 2.45) is 0 Å². The van der Waals surface area contributed by atoms with E-state index < -0.39 is 0 Å². The fourth-order valence-electron chi connectivity index (χ4n) is 1.13. The summed E-state index contributed by atoms with van der Waals surface area (Å²) in [7, 11) is 1.45. The van der Waals surface area contributed by atoms with E-state index >= 15 is 0 Å². The van der Waals surface area contributed by atoms with Crippen LogP contribution in [0.5, 0.6) is 0 Å². The average Bonchev–Trinajstić information content (AvgIpc) is 2.06. The number of carbonyl (C=O) groups excluding carboxylic acids is 1. The largest absolute Gasteiger partial charge is 0.312 e. The van der Waals surface area contributed by atoms with Crippen molar-refractivity contribution < 1.29 is 9.63 Å². The van der Waals surface area contributed by atoms with Crippen molar-refractivity contribution in [1.82, 2.24) is 10.8 Å². The van der Waals surface area contributed by atoms with E-state index in [0.29, 0.717) is 12.5 Å². The molecule has 1 amide bonds. The highest BCUT2D eigenvalue weighted by atomic mass is 32.2. The molecule has 1 fully saturated rings. The maximum Gasteiger partial charge on any atom is 0.245 e. The van der Waals surface area contributed by atoms with Crippen LogP contribution in [0.25, 0.3) is 0 Å². The third-order valence-corrected chi connectivity index (χ3v) is 2.78. The Morgan fingerprint density at radius 3 is 3.25 bits per heavy atom. The van der Waals surface area contributed by atoms with E-state index in [1.54, 1.807) is 0 Å². The first kappa shape index (κ1) is 9.83. The van der Waals surface area contributed by atoms with Crippen molar-refractivity contribution >= 4 is 17.7 Å². The van der Waals surface area contributed by atoms with Gasteiger partial charge in [0.15, 0.2) is 0 Å². The molecule has 0 spiro atoms. The molecular formula is C7H14N2O2S. The summed E-state index contributed by atoms with van der Waals surface area (Å²) in [6, 6.07) is 0.305. The van der Waals surface area contributed by atoms with Crippen LogP contribution in [0.4, 0.5) is 0 Å². The highest BCUT2D eigenvalue weighted by molar-refractivity contribution is 7.99. The van der Waals surface area contributed by atoms with Crippen LogP contribution in [-0.2, 0) is 9.63 Å². The molecule has 1 aliphatic rings. The molecule has 0 aliphatic carbocycles. The third-order valence-electron chi connectivity index (χ3n) is 1.65. The van der Waals surface area contributed by atoms with Crippen LogP contribution in [0.3, 0.4) is 0 Å². The molecule has 0 saturated carbocycles. The van der Waals surface area contributed by atoms with E-state index in [-0.39, 0.29) is 5.91 Å². The van der Waals surface area contributed by atoms with Gasteiger partial charge in [-0.1, -0.05) is 0 Å². The number of hydrogen-bond acceptors (Lipinski definition) is 4. The molecule has 1 aliphatic heterocycles. The number of rotatable bonds is 3. The lowest BCUT2D eigenvalue weighted by Crippen LogP contribution is -2.41. The van der Waals surface area contributed by atoms with E-state index in [0.717, 1.165) is 18.1 Å². The molecule has 1 heterocycles. The number of hydrogen-bond donors (Lipinski definition) is 2. The number of amides is 1. The molecule has 70 valence electrons. The zero-order valence-electron chi connectivity index (χ0n) is 7.13. The Kier molecular flexibility index (Phi) is 4.42. The Balaban J connectivity index is 2.15. The van der Waals surface area contributed by atoms with Gasteiger partial charge in [-0.25, -0.2) is 5.48 Å². The second-order valence-electron chi connectivity index (χ2n) is 2.66. The number of carbonyl (C=O) groups is 1. The smallest absolute Gasteiger partial charge is 0.245 e. The summed E-state index contributed by atoms with van der Waals surface area (Å²) in [6.45, 7) is 0.996. The lowest BCUT2D eigenvalue weighted by Gasteiger charge is -2.22. The number of nitrogens with one attached hydrogen (secondary N) is 2. The zero-order chi connectivity index (χ0) is 8.81. The molecule has 1 unspecified atom stereocenters. The van der Waals surface area contributed by atoms with Crippen molar-refractivity contribution in [2.75, 3.05) is 25.2 Å². The fourth-order valence-corrected chi connectivity index (χ4v) is 2.08. The quantitative estimate of drug-likeness (QED) is 0.603. The Morgan fingerprint density at radius 2 is 2.67 bits per heavy atom. The predicted octanol–water partition coefficient (Wildman–Crippen LogP) is -0.241. The van der Waals surface area contributed by atoms with Crippen LogP contribution in [0.2, 0.25) is 0 Å². The Bertz CT molecular complexity index is 148. The van der Waals surface area contributed by atoms with E-state index in [1.807, 2.05) is 11.8 Å². The van der Waals surface area contributed by atoms with Gasteiger partial charge in [-0.15, -0.1) is 0 Å². The minimum atomic E-state index is -0.0579. The van der Waals surface area contributed by atoms with Crippen LogP contribution in [0, 0.1) is 0 Å². The molecule has 0 aromatic rings. The van der Waals surface area contributed by atoms with Gasteiger partial charge in [-0.05, 0) is 0 Å². The highest BCUT2D eigenvalue weighted by Gasteiger charge is 2.16. The Morgan fingerprint density at radius 1 is 1.83 bits per heavy atom. The second kappa shape index (κ2) is 5.40. The molecular weight excluding hydrogens is 176 g/mol. The molecule has 1 atom stereocenters. The summed E-state index contributed by atoms with van der Waals surface area (Å²) < 4.78 is 0. The van der Waals surface area contributed by atoms with Crippen molar-refractivity contribution in [3.05, 3.63) is 0 Å². The minimum absolute atomic E-state index is 0.0579. The van der Waals surface area contributed by atoms with E-state index in [2.05, 4.69) is 15.6 Å². The van der Waals surface area contributed by atoms with Crippen LogP contribution in [-0.4, -0.2) is 37.1 Å². The second-order valence-corrected chi connectivity index (χ2v) is 3.81. The van der Waals surface area contributed by atoms with Crippen molar-refractivity contribution in [3.63, 3.8) is 0 Å². The number of thioether (sulfide) groups is 1. The Hall–Kier alpha value is -0.260. The number of hydroxylamine groups is 1. The third kappa shape index (κ3) is 3.42. The van der Waals surface area contributed by atoms with Gasteiger partial charge in [0.25, 0.3) is 0 Å². The van der Waals surface area contributed by atoms with E-state index in [1.165, 1.54) is 7.11 Å². The summed E-state index contributed by atoms with van der Waals surface area (Å²) in [4.78, 5) is 15.5. The van der Waals surface area contributed by atoms with Gasteiger partial charge in [-0.2, -0.15) is 11.8 Å². The van der Waals surface area contributed by atoms with Crippen LogP contribution in [0.1, 0.15) is 6.42 Å². The van der Waals surface area contributed by atoms with Gasteiger partial charge < -0.3 is 5.32 Å². The molecule has 0 aromatic heterocycles. The van der Waals surface area contributed by atoms with Gasteiger partial charge in [0.05, 0.1) is 7.11 Å². The molecule has 5 heteroatoms. The highest BCUT2D eigenvalue weighted by Crippen LogP contribution is 2.09. The first-order valence-corrected chi connectivity index (χ1v) is 5.11. The molecule has 2 N–H and O–H groups in total. The van der Waals surface area contributed by atoms with Gasteiger partial charge >= 0.3 is 0 Å². The first-order valence-electron chi connectivity index (χ1n) is 3.96. The van der Waals surface area contributed by atoms with E-state index in [4.69, 9.17) is 0 Å². The fraction of sp³-hybridized carbons (Fsp3) is 0.857. The standard InChI is InChI=1S/C7H14N2O2S/c1-11-9-7(10)4-6-5-12-3-2-8-6/h6,8H,2-5H2,1H3,(H,9,10). The molecule has 0 bridgehead atoms. The van der Waals surface area contributed by atoms with Crippen molar-refractivity contribution in [3.8, 4) is 0 Å². The summed E-state index contributed by atoms with van der Waals surface area (Å²) in [5.74, 6) is 2.09. The summed E-state index contributed by atoms with van der Waals surface area (Å²) >= 11 is 1.88. The normalized spacial score (nSPS) is 23.6. The lowest BCUT2D eigenvalue weighted by molar-refractivity contribution is -0.131. The van der Waals surface area contributed by atoms with Crippen molar-refractivity contribution in [1.29, 1.82) is 0 Å². The lowest BCUT2D eigenvalue weighted by atomic mass is 10.2. The SMILES string of the molecule is CONC(=O)CC1CSCCN1. The Labute approximate surface area is 76.4 Å². The maximum atomic E-state index is 11.0. The molecule has 12 heavy (non-hydrogen) atoms. The summed E-state index contributed by atoms with van der Waals surface area (Å²) in [6.07, 6.45) is 0.501. The first-order chi connectivity index (χ1) is 5.83. The maximum absolute atomic E-state index is 11.0. The summed E-state index contributed by atoms with van der Waals surface area (Å²) in [5.41, 5.74) is 2.30. The van der Waals surface area contributed by atoms with Gasteiger partial charge in [0, 0.05) is 30.5 Å². The monoisotopic (exact) mass is 190 g/mol. The van der Waals surface area contributed by atoms with Crippen LogP contribution >= 0.6 is 11.8 Å².